The van der Waals surface area contributed by atoms with Crippen molar-refractivity contribution in [2.24, 2.45) is 0 Å². The lowest BCUT2D eigenvalue weighted by molar-refractivity contribution is -0.151. The largest absolute Gasteiger partial charge is 0.463 e. The first-order valence-corrected chi connectivity index (χ1v) is 4.72. The van der Waals surface area contributed by atoms with E-state index in [4.69, 9.17) is 11.6 Å². The number of hydrogen-bond donors (Lipinski definition) is 0. The van der Waals surface area contributed by atoms with E-state index in [1.54, 1.807) is 0 Å². The number of carbonyl (C=O) groups excluding carboxylic acids is 2. The number of halogens is 4. The molecule has 0 saturated carbocycles. The van der Waals surface area contributed by atoms with Crippen molar-refractivity contribution in [1.82, 2.24) is 0 Å². The lowest BCUT2D eigenvalue weighted by atomic mass is 10.1. The van der Waals surface area contributed by atoms with Crippen LogP contribution in [0.3, 0.4) is 0 Å². The second-order valence-corrected chi connectivity index (χ2v) is 3.45. The van der Waals surface area contributed by atoms with Gasteiger partial charge in [0.05, 0.1) is 7.11 Å². The Labute approximate surface area is 99.1 Å². The molecule has 0 aliphatic rings. The second kappa shape index (κ2) is 5.18. The summed E-state index contributed by atoms with van der Waals surface area (Å²) in [6.07, 6.45) is 0. The zero-order valence-electron chi connectivity index (χ0n) is 8.47. The molecule has 0 bridgehead atoms. The molecule has 0 N–H and O–H groups in total. The number of carbonyl (C=O) groups is 2. The first-order chi connectivity index (χ1) is 7.88. The van der Waals surface area contributed by atoms with Crippen LogP contribution >= 0.6 is 11.6 Å². The molecule has 0 spiro atoms. The van der Waals surface area contributed by atoms with Gasteiger partial charge in [-0.2, -0.15) is 0 Å². The molecule has 1 unspecified atom stereocenters. The lowest BCUT2D eigenvalue weighted by Crippen LogP contribution is -2.20. The van der Waals surface area contributed by atoms with Gasteiger partial charge < -0.3 is 4.74 Å². The van der Waals surface area contributed by atoms with E-state index in [0.717, 1.165) is 7.11 Å². The molecule has 1 aromatic carbocycles. The van der Waals surface area contributed by atoms with Crippen LogP contribution < -0.4 is 0 Å². The van der Waals surface area contributed by atoms with Gasteiger partial charge in [-0.25, -0.2) is 18.0 Å². The zero-order chi connectivity index (χ0) is 13.2. The van der Waals surface area contributed by atoms with Crippen molar-refractivity contribution in [3.63, 3.8) is 0 Å². The Morgan fingerprint density at radius 2 is 1.71 bits per heavy atom. The highest BCUT2D eigenvalue weighted by Gasteiger charge is 2.27. The van der Waals surface area contributed by atoms with Crippen molar-refractivity contribution in [3.05, 3.63) is 35.1 Å². The molecule has 0 radical (unpaired) electrons. The molecule has 0 aliphatic heterocycles. The molecule has 17 heavy (non-hydrogen) atoms. The van der Waals surface area contributed by atoms with Gasteiger partial charge in [0.15, 0.2) is 17.5 Å². The van der Waals surface area contributed by atoms with Gasteiger partial charge in [0, 0.05) is 0 Å². The van der Waals surface area contributed by atoms with Gasteiger partial charge in [0.2, 0.25) is 0 Å². The summed E-state index contributed by atoms with van der Waals surface area (Å²) in [7, 11) is 0.954. The number of alkyl halides is 1. The van der Waals surface area contributed by atoms with E-state index in [0.29, 0.717) is 12.1 Å². The quantitative estimate of drug-likeness (QED) is 0.364. The summed E-state index contributed by atoms with van der Waals surface area (Å²) in [6, 6.07) is 1.08. The topological polar surface area (TPSA) is 43.4 Å². The Morgan fingerprint density at radius 1 is 1.24 bits per heavy atom. The number of ketones is 1. The summed E-state index contributed by atoms with van der Waals surface area (Å²) in [5.74, 6) is -7.12. The number of Topliss-reactive ketones (excluding diaryl/α,β-unsaturated/α-hetero) is 1. The number of hydrogen-bond acceptors (Lipinski definition) is 3. The van der Waals surface area contributed by atoms with Gasteiger partial charge in [-0.05, 0) is 17.7 Å². The molecule has 1 rings (SSSR count). The van der Waals surface area contributed by atoms with Crippen LogP contribution in [0, 0.1) is 17.5 Å². The molecular formula is C10H6ClF3O3. The maximum absolute atomic E-state index is 12.8. The summed E-state index contributed by atoms with van der Waals surface area (Å²) in [4.78, 5) is 22.1. The van der Waals surface area contributed by atoms with Crippen LogP contribution in [-0.2, 0) is 14.3 Å². The SMILES string of the molecule is COC(=O)C(=O)C(Cl)c1cc(F)c(F)c(F)c1. The molecule has 1 atom stereocenters. The fraction of sp³-hybridized carbons (Fsp3) is 0.200. The standard InChI is InChI=1S/C10H6ClF3O3/c1-17-10(16)9(15)7(11)4-2-5(12)8(14)6(13)3-4/h2-3,7H,1H3. The average molecular weight is 267 g/mol. The average Bonchev–Trinajstić information content (AvgIpc) is 2.32. The van der Waals surface area contributed by atoms with Crippen LogP contribution in [0.15, 0.2) is 12.1 Å². The van der Waals surface area contributed by atoms with Crippen LogP contribution in [0.2, 0.25) is 0 Å². The lowest BCUT2D eigenvalue weighted by Gasteiger charge is -2.08. The van der Waals surface area contributed by atoms with Crippen molar-refractivity contribution < 1.29 is 27.5 Å². The van der Waals surface area contributed by atoms with Crippen molar-refractivity contribution in [2.75, 3.05) is 7.11 Å². The van der Waals surface area contributed by atoms with E-state index in [9.17, 15) is 22.8 Å². The molecule has 0 amide bonds. The van der Waals surface area contributed by atoms with E-state index in [1.165, 1.54) is 0 Å². The minimum atomic E-state index is -1.68. The van der Waals surface area contributed by atoms with E-state index >= 15 is 0 Å². The van der Waals surface area contributed by atoms with Crippen molar-refractivity contribution in [3.8, 4) is 0 Å². The number of ether oxygens (including phenoxy) is 1. The summed E-state index contributed by atoms with van der Waals surface area (Å²) >= 11 is 5.52. The van der Waals surface area contributed by atoms with Crippen LogP contribution in [0.1, 0.15) is 10.9 Å². The number of esters is 1. The first-order valence-electron chi connectivity index (χ1n) is 4.29. The Bertz CT molecular complexity index is 453. The second-order valence-electron chi connectivity index (χ2n) is 3.02. The summed E-state index contributed by atoms with van der Waals surface area (Å²) < 4.78 is 42.4. The molecule has 0 saturated heterocycles. The number of benzene rings is 1. The smallest absolute Gasteiger partial charge is 0.376 e. The monoisotopic (exact) mass is 266 g/mol. The van der Waals surface area contributed by atoms with E-state index in [1.807, 2.05) is 0 Å². The maximum atomic E-state index is 12.8. The van der Waals surface area contributed by atoms with E-state index in [-0.39, 0.29) is 5.56 Å². The van der Waals surface area contributed by atoms with Crippen molar-refractivity contribution >= 4 is 23.4 Å². The molecule has 92 valence electrons. The summed E-state index contributed by atoms with van der Waals surface area (Å²) in [5, 5.41) is -1.63. The fourth-order valence-corrected chi connectivity index (χ4v) is 1.29. The summed E-state index contributed by atoms with van der Waals surface area (Å²) in [5.41, 5.74) is -0.363. The Hall–Kier alpha value is -1.56. The molecule has 0 aliphatic carbocycles. The third kappa shape index (κ3) is 2.76. The predicted molar refractivity (Wildman–Crippen MR) is 51.9 cm³/mol. The Morgan fingerprint density at radius 3 is 2.12 bits per heavy atom. The third-order valence-corrected chi connectivity index (χ3v) is 2.37. The van der Waals surface area contributed by atoms with E-state index in [2.05, 4.69) is 4.74 Å². The molecule has 7 heteroatoms. The Balaban J connectivity index is 3.09. The highest BCUT2D eigenvalue weighted by atomic mass is 35.5. The van der Waals surface area contributed by atoms with Crippen LogP contribution in [0.4, 0.5) is 13.2 Å². The van der Waals surface area contributed by atoms with Crippen molar-refractivity contribution in [1.29, 1.82) is 0 Å². The maximum Gasteiger partial charge on any atom is 0.376 e. The van der Waals surface area contributed by atoms with Crippen LogP contribution in [-0.4, -0.2) is 18.9 Å². The Kier molecular flexibility index (Phi) is 4.11. The van der Waals surface area contributed by atoms with E-state index < -0.39 is 34.6 Å². The predicted octanol–water partition coefficient (Wildman–Crippen LogP) is 2.13. The minimum Gasteiger partial charge on any atom is -0.463 e. The fourth-order valence-electron chi connectivity index (χ4n) is 1.08. The normalized spacial score (nSPS) is 12.1. The van der Waals surface area contributed by atoms with Gasteiger partial charge in [-0.1, -0.05) is 0 Å². The van der Waals surface area contributed by atoms with Crippen LogP contribution in [0.5, 0.6) is 0 Å². The molecular weight excluding hydrogens is 261 g/mol. The third-order valence-electron chi connectivity index (χ3n) is 1.92. The number of rotatable bonds is 3. The minimum absolute atomic E-state index is 0.363. The molecule has 3 nitrogen and oxygen atoms in total. The highest BCUT2D eigenvalue weighted by Crippen LogP contribution is 2.25. The summed E-state index contributed by atoms with van der Waals surface area (Å²) in [6.45, 7) is 0. The number of methoxy groups -OCH3 is 1. The van der Waals surface area contributed by atoms with Gasteiger partial charge in [-0.3, -0.25) is 4.79 Å². The zero-order valence-corrected chi connectivity index (χ0v) is 9.22. The van der Waals surface area contributed by atoms with Gasteiger partial charge in [-0.15, -0.1) is 11.6 Å². The van der Waals surface area contributed by atoms with Gasteiger partial charge >= 0.3 is 5.97 Å². The van der Waals surface area contributed by atoms with Crippen LogP contribution in [0.25, 0.3) is 0 Å². The van der Waals surface area contributed by atoms with Gasteiger partial charge in [0.25, 0.3) is 5.78 Å². The van der Waals surface area contributed by atoms with Gasteiger partial charge in [0.1, 0.15) is 5.38 Å². The molecule has 0 fully saturated rings. The van der Waals surface area contributed by atoms with Crippen molar-refractivity contribution in [2.45, 2.75) is 5.38 Å². The molecule has 1 aromatic rings. The molecule has 0 heterocycles. The highest BCUT2D eigenvalue weighted by molar-refractivity contribution is 6.47. The molecule has 0 aromatic heterocycles. The first kappa shape index (κ1) is 13.5.